The Hall–Kier alpha value is -1.39. The number of esters is 2. The molecule has 2 unspecified atom stereocenters. The molecule has 0 aromatic rings. The van der Waals surface area contributed by atoms with Gasteiger partial charge in [-0.3, -0.25) is 14.4 Å². The van der Waals surface area contributed by atoms with E-state index in [-0.39, 0.29) is 18.6 Å². The molecule has 0 N–H and O–H groups in total. The van der Waals surface area contributed by atoms with Crippen LogP contribution in [0.25, 0.3) is 0 Å². The normalized spacial score (nSPS) is 25.9. The van der Waals surface area contributed by atoms with Gasteiger partial charge in [0.1, 0.15) is 5.78 Å². The maximum atomic E-state index is 11.3. The molecule has 0 aliphatic heterocycles. The van der Waals surface area contributed by atoms with Crippen LogP contribution in [0.1, 0.15) is 19.3 Å². The number of hydrogen-bond donors (Lipinski definition) is 0. The highest BCUT2D eigenvalue weighted by atomic mass is 16.5. The lowest BCUT2D eigenvalue weighted by Gasteiger charge is -2.24. The molecule has 1 saturated carbocycles. The van der Waals surface area contributed by atoms with Gasteiger partial charge >= 0.3 is 11.9 Å². The standard InChI is InChI=1S/C10H14O5/c1-14-9(12)6-3-7(10(13)15-2)5-8(11)4-6/h6-7H,3-5H2,1-2H3. The van der Waals surface area contributed by atoms with E-state index in [0.717, 1.165) is 0 Å². The van der Waals surface area contributed by atoms with Crippen molar-refractivity contribution in [2.45, 2.75) is 19.3 Å². The fraction of sp³-hybridized carbons (Fsp3) is 0.700. The number of ether oxygens (including phenoxy) is 2. The first kappa shape index (κ1) is 11.7. The highest BCUT2D eigenvalue weighted by Crippen LogP contribution is 2.28. The first-order valence-electron chi connectivity index (χ1n) is 4.75. The van der Waals surface area contributed by atoms with Gasteiger partial charge in [0, 0.05) is 12.8 Å². The predicted molar refractivity (Wildman–Crippen MR) is 49.9 cm³/mol. The molecule has 0 aromatic heterocycles. The van der Waals surface area contributed by atoms with Crippen molar-refractivity contribution in [3.63, 3.8) is 0 Å². The summed E-state index contributed by atoms with van der Waals surface area (Å²) in [5, 5.41) is 0. The third-order valence-corrected chi connectivity index (χ3v) is 2.59. The molecule has 1 fully saturated rings. The zero-order valence-electron chi connectivity index (χ0n) is 8.82. The number of carbonyl (C=O) groups is 3. The molecule has 0 spiro atoms. The smallest absolute Gasteiger partial charge is 0.309 e. The molecule has 1 aliphatic rings. The zero-order valence-corrected chi connectivity index (χ0v) is 8.82. The van der Waals surface area contributed by atoms with Crippen LogP contribution in [0.4, 0.5) is 0 Å². The van der Waals surface area contributed by atoms with Crippen LogP contribution >= 0.6 is 0 Å². The van der Waals surface area contributed by atoms with Gasteiger partial charge in [-0.15, -0.1) is 0 Å². The molecule has 0 radical (unpaired) electrons. The lowest BCUT2D eigenvalue weighted by Crippen LogP contribution is -2.33. The lowest BCUT2D eigenvalue weighted by atomic mass is 9.80. The van der Waals surface area contributed by atoms with E-state index < -0.39 is 23.8 Å². The molecule has 1 rings (SSSR count). The summed E-state index contributed by atoms with van der Waals surface area (Å²) in [7, 11) is 2.54. The van der Waals surface area contributed by atoms with Crippen LogP contribution < -0.4 is 0 Å². The topological polar surface area (TPSA) is 69.7 Å². The Labute approximate surface area is 87.7 Å². The van der Waals surface area contributed by atoms with Crippen LogP contribution in [-0.4, -0.2) is 31.9 Å². The monoisotopic (exact) mass is 214 g/mol. The summed E-state index contributed by atoms with van der Waals surface area (Å²) in [6.45, 7) is 0. The minimum atomic E-state index is -0.500. The van der Waals surface area contributed by atoms with Crippen molar-refractivity contribution >= 4 is 17.7 Å². The summed E-state index contributed by atoms with van der Waals surface area (Å²) in [6.07, 6.45) is 0.672. The third kappa shape index (κ3) is 2.78. The molecule has 0 bridgehead atoms. The highest BCUT2D eigenvalue weighted by Gasteiger charge is 2.36. The van der Waals surface area contributed by atoms with E-state index >= 15 is 0 Å². The number of methoxy groups -OCH3 is 2. The summed E-state index contributed by atoms with van der Waals surface area (Å²) >= 11 is 0. The van der Waals surface area contributed by atoms with E-state index in [1.54, 1.807) is 0 Å². The molecule has 2 atom stereocenters. The summed E-state index contributed by atoms with van der Waals surface area (Å²) in [6, 6.07) is 0. The van der Waals surface area contributed by atoms with Crippen molar-refractivity contribution in [3.8, 4) is 0 Å². The van der Waals surface area contributed by atoms with Crippen LogP contribution in [0.5, 0.6) is 0 Å². The van der Waals surface area contributed by atoms with E-state index in [1.807, 2.05) is 0 Å². The van der Waals surface area contributed by atoms with E-state index in [1.165, 1.54) is 14.2 Å². The molecule has 1 aliphatic carbocycles. The lowest BCUT2D eigenvalue weighted by molar-refractivity contribution is -0.155. The zero-order chi connectivity index (χ0) is 11.4. The van der Waals surface area contributed by atoms with Crippen molar-refractivity contribution in [1.29, 1.82) is 0 Å². The molecule has 0 aromatic carbocycles. The number of Topliss-reactive ketones (excluding diaryl/α,β-unsaturated/α-hetero) is 1. The summed E-state index contributed by atoms with van der Waals surface area (Å²) < 4.78 is 9.11. The number of rotatable bonds is 2. The van der Waals surface area contributed by atoms with Gasteiger partial charge in [-0.1, -0.05) is 0 Å². The summed E-state index contributed by atoms with van der Waals surface area (Å²) in [5.41, 5.74) is 0. The predicted octanol–water partition coefficient (Wildman–Crippen LogP) is 0.318. The van der Waals surface area contributed by atoms with Crippen molar-refractivity contribution in [2.75, 3.05) is 14.2 Å². The molecule has 0 saturated heterocycles. The van der Waals surface area contributed by atoms with Gasteiger partial charge in [0.25, 0.3) is 0 Å². The van der Waals surface area contributed by atoms with Crippen LogP contribution in [0.2, 0.25) is 0 Å². The number of ketones is 1. The molecule has 5 nitrogen and oxygen atoms in total. The second kappa shape index (κ2) is 4.91. The van der Waals surface area contributed by atoms with Gasteiger partial charge in [-0.05, 0) is 6.42 Å². The molecule has 0 amide bonds. The Morgan fingerprint density at radius 3 is 1.80 bits per heavy atom. The van der Waals surface area contributed by atoms with Crippen LogP contribution in [0.15, 0.2) is 0 Å². The summed E-state index contributed by atoms with van der Waals surface area (Å²) in [5.74, 6) is -1.96. The third-order valence-electron chi connectivity index (χ3n) is 2.59. The highest BCUT2D eigenvalue weighted by molar-refractivity contribution is 5.90. The minimum absolute atomic E-state index is 0.0907. The largest absolute Gasteiger partial charge is 0.469 e. The fourth-order valence-corrected chi connectivity index (χ4v) is 1.84. The van der Waals surface area contributed by atoms with Crippen molar-refractivity contribution in [1.82, 2.24) is 0 Å². The Kier molecular flexibility index (Phi) is 3.82. The molecular weight excluding hydrogens is 200 g/mol. The van der Waals surface area contributed by atoms with E-state index in [4.69, 9.17) is 0 Å². The van der Waals surface area contributed by atoms with Gasteiger partial charge < -0.3 is 9.47 Å². The van der Waals surface area contributed by atoms with Gasteiger partial charge in [-0.25, -0.2) is 0 Å². The Bertz CT molecular complexity index is 258. The average Bonchev–Trinajstić information content (AvgIpc) is 2.26. The maximum absolute atomic E-state index is 11.3. The maximum Gasteiger partial charge on any atom is 0.309 e. The Morgan fingerprint density at radius 1 is 1.07 bits per heavy atom. The van der Waals surface area contributed by atoms with Gasteiger partial charge in [-0.2, -0.15) is 0 Å². The molecule has 0 heterocycles. The van der Waals surface area contributed by atoms with Crippen molar-refractivity contribution in [3.05, 3.63) is 0 Å². The second-order valence-electron chi connectivity index (χ2n) is 3.62. The first-order valence-corrected chi connectivity index (χ1v) is 4.75. The minimum Gasteiger partial charge on any atom is -0.469 e. The molecule has 84 valence electrons. The van der Waals surface area contributed by atoms with E-state index in [9.17, 15) is 14.4 Å². The quantitative estimate of drug-likeness (QED) is 0.619. The molecule has 15 heavy (non-hydrogen) atoms. The van der Waals surface area contributed by atoms with E-state index in [0.29, 0.717) is 6.42 Å². The Morgan fingerprint density at radius 2 is 1.47 bits per heavy atom. The SMILES string of the molecule is COC(=O)C1CC(=O)CC(C(=O)OC)C1. The average molecular weight is 214 g/mol. The van der Waals surface area contributed by atoms with Crippen molar-refractivity contribution < 1.29 is 23.9 Å². The number of carbonyl (C=O) groups excluding carboxylic acids is 3. The van der Waals surface area contributed by atoms with Crippen molar-refractivity contribution in [2.24, 2.45) is 11.8 Å². The molecule has 5 heteroatoms. The van der Waals surface area contributed by atoms with Gasteiger partial charge in [0.05, 0.1) is 26.1 Å². The summed E-state index contributed by atoms with van der Waals surface area (Å²) in [4.78, 5) is 33.8. The van der Waals surface area contributed by atoms with Crippen LogP contribution in [0, 0.1) is 11.8 Å². The Balaban J connectivity index is 2.67. The van der Waals surface area contributed by atoms with Crippen LogP contribution in [0.3, 0.4) is 0 Å². The first-order chi connectivity index (χ1) is 7.08. The molecular formula is C10H14O5. The number of hydrogen-bond acceptors (Lipinski definition) is 5. The van der Waals surface area contributed by atoms with Gasteiger partial charge in [0.2, 0.25) is 0 Å². The fourth-order valence-electron chi connectivity index (χ4n) is 1.84. The van der Waals surface area contributed by atoms with Gasteiger partial charge in [0.15, 0.2) is 0 Å². The van der Waals surface area contributed by atoms with E-state index in [2.05, 4.69) is 9.47 Å². The van der Waals surface area contributed by atoms with Crippen LogP contribution in [-0.2, 0) is 23.9 Å². The second-order valence-corrected chi connectivity index (χ2v) is 3.62.